The van der Waals surface area contributed by atoms with E-state index in [0.29, 0.717) is 0 Å². The van der Waals surface area contributed by atoms with E-state index in [1.54, 1.807) is 12.3 Å². The Morgan fingerprint density at radius 3 is 2.56 bits per heavy atom. The number of nitro benzene ring substituents is 1. The van der Waals surface area contributed by atoms with Crippen LogP contribution in [0.3, 0.4) is 0 Å². The molecule has 0 amide bonds. The summed E-state index contributed by atoms with van der Waals surface area (Å²) in [6, 6.07) is 19.8. The summed E-state index contributed by atoms with van der Waals surface area (Å²) in [7, 11) is 0. The highest BCUT2D eigenvalue weighted by atomic mass is 16.6. The number of aldehydes is 1. The first-order valence-corrected chi connectivity index (χ1v) is 7.89. The fourth-order valence-electron chi connectivity index (χ4n) is 2.95. The third kappa shape index (κ3) is 3.61. The molecule has 1 heterocycles. The number of benzene rings is 2. The minimum absolute atomic E-state index is 0.0173. The van der Waals surface area contributed by atoms with Gasteiger partial charge >= 0.3 is 0 Å². The van der Waals surface area contributed by atoms with Crippen LogP contribution in [-0.4, -0.2) is 16.2 Å². The maximum atomic E-state index is 11.3. The second-order valence-electron chi connectivity index (χ2n) is 5.61. The summed E-state index contributed by atoms with van der Waals surface area (Å²) < 4.78 is 0. The zero-order valence-corrected chi connectivity index (χ0v) is 13.4. The fraction of sp³-hybridized carbons (Fsp3) is 0.100. The first-order valence-electron chi connectivity index (χ1n) is 7.89. The van der Waals surface area contributed by atoms with E-state index in [1.807, 2.05) is 48.5 Å². The van der Waals surface area contributed by atoms with Crippen LogP contribution in [0.15, 0.2) is 72.9 Å². The van der Waals surface area contributed by atoms with Crippen molar-refractivity contribution in [3.8, 4) is 11.3 Å². The average Bonchev–Trinajstić information content (AvgIpc) is 2.67. The highest BCUT2D eigenvalue weighted by Gasteiger charge is 2.20. The summed E-state index contributed by atoms with van der Waals surface area (Å²) in [5.74, 6) is -0.268. The summed E-state index contributed by atoms with van der Waals surface area (Å²) in [6.07, 6.45) is 2.80. The Morgan fingerprint density at radius 2 is 1.84 bits per heavy atom. The van der Waals surface area contributed by atoms with Gasteiger partial charge in [-0.3, -0.25) is 15.1 Å². The Kier molecular flexibility index (Phi) is 4.95. The van der Waals surface area contributed by atoms with Crippen LogP contribution < -0.4 is 0 Å². The van der Waals surface area contributed by atoms with E-state index in [2.05, 4.69) is 4.98 Å². The monoisotopic (exact) mass is 332 g/mol. The number of hydrogen-bond donors (Lipinski definition) is 0. The topological polar surface area (TPSA) is 73.1 Å². The lowest BCUT2D eigenvalue weighted by molar-refractivity contribution is -0.384. The molecule has 0 N–H and O–H groups in total. The first kappa shape index (κ1) is 16.5. The Labute approximate surface area is 145 Å². The number of hydrogen-bond acceptors (Lipinski definition) is 4. The molecule has 5 heteroatoms. The third-order valence-electron chi connectivity index (χ3n) is 4.09. The number of carbonyl (C=O) groups is 1. The molecular weight excluding hydrogens is 316 g/mol. The van der Waals surface area contributed by atoms with Crippen molar-refractivity contribution in [2.75, 3.05) is 0 Å². The fourth-order valence-corrected chi connectivity index (χ4v) is 2.95. The standard InChI is InChI=1S/C20H16N2O3/c23-13-11-17(15-6-5-7-16(14-15)22(24)25)18-8-1-2-9-19(18)20-10-3-4-12-21-20/h1-10,12-14,17H,11H2. The van der Waals surface area contributed by atoms with E-state index in [-0.39, 0.29) is 18.0 Å². The van der Waals surface area contributed by atoms with Crippen LogP contribution in [0, 0.1) is 10.1 Å². The quantitative estimate of drug-likeness (QED) is 0.381. The van der Waals surface area contributed by atoms with Crippen LogP contribution >= 0.6 is 0 Å². The normalized spacial score (nSPS) is 11.7. The molecule has 0 saturated carbocycles. The smallest absolute Gasteiger partial charge is 0.269 e. The van der Waals surface area contributed by atoms with Gasteiger partial charge < -0.3 is 4.79 Å². The van der Waals surface area contributed by atoms with Crippen LogP contribution in [0.5, 0.6) is 0 Å². The van der Waals surface area contributed by atoms with Crippen LogP contribution in [0.2, 0.25) is 0 Å². The molecule has 1 atom stereocenters. The van der Waals surface area contributed by atoms with Crippen LogP contribution in [0.1, 0.15) is 23.5 Å². The van der Waals surface area contributed by atoms with Gasteiger partial charge in [0.2, 0.25) is 0 Å². The second kappa shape index (κ2) is 7.49. The molecule has 3 rings (SSSR count). The molecule has 124 valence electrons. The lowest BCUT2D eigenvalue weighted by Gasteiger charge is -2.19. The van der Waals surface area contributed by atoms with Crippen molar-refractivity contribution in [1.29, 1.82) is 0 Å². The van der Waals surface area contributed by atoms with Gasteiger partial charge in [0.25, 0.3) is 5.69 Å². The minimum Gasteiger partial charge on any atom is -0.303 e. The summed E-state index contributed by atoms with van der Waals surface area (Å²) in [5, 5.41) is 11.1. The van der Waals surface area contributed by atoms with Crippen LogP contribution in [-0.2, 0) is 4.79 Å². The van der Waals surface area contributed by atoms with Crippen molar-refractivity contribution >= 4 is 12.0 Å². The molecule has 0 spiro atoms. The van der Waals surface area contributed by atoms with Crippen molar-refractivity contribution in [3.05, 3.63) is 94.2 Å². The maximum Gasteiger partial charge on any atom is 0.269 e. The highest BCUT2D eigenvalue weighted by Crippen LogP contribution is 2.35. The predicted octanol–water partition coefficient (Wildman–Crippen LogP) is 4.38. The molecule has 0 aliphatic rings. The number of nitro groups is 1. The Hall–Kier alpha value is -3.34. The summed E-state index contributed by atoms with van der Waals surface area (Å²) in [4.78, 5) is 26.3. The molecule has 1 aromatic heterocycles. The maximum absolute atomic E-state index is 11.3. The molecule has 2 aromatic carbocycles. The van der Waals surface area contributed by atoms with E-state index < -0.39 is 4.92 Å². The highest BCUT2D eigenvalue weighted by molar-refractivity contribution is 5.67. The molecule has 0 aliphatic heterocycles. The second-order valence-corrected chi connectivity index (χ2v) is 5.61. The first-order chi connectivity index (χ1) is 12.2. The van der Waals surface area contributed by atoms with Crippen LogP contribution in [0.25, 0.3) is 11.3 Å². The summed E-state index contributed by atoms with van der Waals surface area (Å²) >= 11 is 0. The predicted molar refractivity (Wildman–Crippen MR) is 95.3 cm³/mol. The van der Waals surface area contributed by atoms with E-state index >= 15 is 0 Å². The van der Waals surface area contributed by atoms with E-state index in [4.69, 9.17) is 0 Å². The largest absolute Gasteiger partial charge is 0.303 e. The van der Waals surface area contributed by atoms with Crippen molar-refractivity contribution in [2.24, 2.45) is 0 Å². The summed E-state index contributed by atoms with van der Waals surface area (Å²) in [5.41, 5.74) is 3.41. The minimum atomic E-state index is -0.424. The number of nitrogens with zero attached hydrogens (tertiary/aromatic N) is 2. The molecule has 3 aromatic rings. The van der Waals surface area contributed by atoms with Gasteiger partial charge in [-0.05, 0) is 23.3 Å². The molecule has 0 bridgehead atoms. The van der Waals surface area contributed by atoms with Gasteiger partial charge in [0, 0.05) is 36.2 Å². The lowest BCUT2D eigenvalue weighted by atomic mass is 9.85. The third-order valence-corrected chi connectivity index (χ3v) is 4.09. The van der Waals surface area contributed by atoms with Gasteiger partial charge in [-0.25, -0.2) is 0 Å². The zero-order valence-electron chi connectivity index (χ0n) is 13.4. The van der Waals surface area contributed by atoms with Crippen LogP contribution in [0.4, 0.5) is 5.69 Å². The lowest BCUT2D eigenvalue weighted by Crippen LogP contribution is -2.05. The average molecular weight is 332 g/mol. The number of rotatable bonds is 6. The van der Waals surface area contributed by atoms with Crippen molar-refractivity contribution in [1.82, 2.24) is 4.98 Å². The number of aromatic nitrogens is 1. The molecule has 0 saturated heterocycles. The number of pyridine rings is 1. The van der Waals surface area contributed by atoms with Gasteiger partial charge in [0.05, 0.1) is 10.6 Å². The van der Waals surface area contributed by atoms with Gasteiger partial charge in [0.1, 0.15) is 6.29 Å². The van der Waals surface area contributed by atoms with Gasteiger partial charge in [-0.15, -0.1) is 0 Å². The van der Waals surface area contributed by atoms with Gasteiger partial charge in [-0.1, -0.05) is 42.5 Å². The van der Waals surface area contributed by atoms with Crippen molar-refractivity contribution < 1.29 is 9.72 Å². The molecule has 1 unspecified atom stereocenters. The molecule has 0 radical (unpaired) electrons. The summed E-state index contributed by atoms with van der Waals surface area (Å²) in [6.45, 7) is 0. The zero-order chi connectivity index (χ0) is 17.6. The Morgan fingerprint density at radius 1 is 1.04 bits per heavy atom. The molecule has 0 fully saturated rings. The van der Waals surface area contributed by atoms with Crippen molar-refractivity contribution in [3.63, 3.8) is 0 Å². The Bertz CT molecular complexity index is 894. The molecule has 25 heavy (non-hydrogen) atoms. The molecule has 0 aliphatic carbocycles. The van der Waals surface area contributed by atoms with E-state index in [1.165, 1.54) is 12.1 Å². The Balaban J connectivity index is 2.13. The van der Waals surface area contributed by atoms with Crippen molar-refractivity contribution in [2.45, 2.75) is 12.3 Å². The van der Waals surface area contributed by atoms with Gasteiger partial charge in [0.15, 0.2) is 0 Å². The van der Waals surface area contributed by atoms with Gasteiger partial charge in [-0.2, -0.15) is 0 Å². The van der Waals surface area contributed by atoms with E-state index in [9.17, 15) is 14.9 Å². The SMILES string of the molecule is O=CCC(c1cccc([N+](=O)[O-])c1)c1ccccc1-c1ccccn1. The molecule has 5 nitrogen and oxygen atoms in total. The number of non-ortho nitro benzene ring substituents is 1. The molecular formula is C20H16N2O3. The number of carbonyl (C=O) groups excluding carboxylic acids is 1. The van der Waals surface area contributed by atoms with E-state index in [0.717, 1.165) is 28.7 Å².